The van der Waals surface area contributed by atoms with Gasteiger partial charge < -0.3 is 8.83 Å². The molecular formula is C26H16Cl2O2. The fourth-order valence-corrected chi connectivity index (χ4v) is 3.86. The first-order chi connectivity index (χ1) is 14.7. The number of hydrogen-bond acceptors (Lipinski definition) is 2. The lowest BCUT2D eigenvalue weighted by atomic mass is 10.1. The lowest BCUT2D eigenvalue weighted by Gasteiger charge is -1.96. The molecule has 0 spiro atoms. The molecule has 0 radical (unpaired) electrons. The first kappa shape index (κ1) is 18.8. The Bertz CT molecular complexity index is 1290. The first-order valence-corrected chi connectivity index (χ1v) is 10.2. The molecule has 0 N–H and O–H groups in total. The van der Waals surface area contributed by atoms with Crippen molar-refractivity contribution in [2.24, 2.45) is 0 Å². The Kier molecular flexibility index (Phi) is 4.96. The van der Waals surface area contributed by atoms with Gasteiger partial charge in [-0.1, -0.05) is 83.9 Å². The van der Waals surface area contributed by atoms with Gasteiger partial charge in [-0.25, -0.2) is 0 Å². The van der Waals surface area contributed by atoms with E-state index in [9.17, 15) is 0 Å². The summed E-state index contributed by atoms with van der Waals surface area (Å²) >= 11 is 12.8. The van der Waals surface area contributed by atoms with Crippen molar-refractivity contribution in [1.29, 1.82) is 0 Å². The van der Waals surface area contributed by atoms with Crippen molar-refractivity contribution in [2.45, 2.75) is 0 Å². The molecule has 4 heteroatoms. The Labute approximate surface area is 183 Å². The molecule has 0 atom stereocenters. The zero-order valence-electron chi connectivity index (χ0n) is 15.8. The smallest absolute Gasteiger partial charge is 0.146 e. The standard InChI is InChI=1S/C26H16Cl2O2/c27-25-19-5-1-3-7-21(19)29-23(25)15-13-17-9-11-18(12-10-17)14-16-24-26(28)20-6-2-4-8-22(20)30-24/h1-16H/b15-13+,16-14+. The van der Waals surface area contributed by atoms with Crippen LogP contribution in [0.2, 0.25) is 10.0 Å². The Morgan fingerprint density at radius 1 is 0.500 bits per heavy atom. The molecule has 0 saturated heterocycles. The van der Waals surface area contributed by atoms with Crippen LogP contribution in [0, 0.1) is 0 Å². The van der Waals surface area contributed by atoms with Crippen LogP contribution in [0.15, 0.2) is 81.6 Å². The average molecular weight is 431 g/mol. The second-order valence-corrected chi connectivity index (χ2v) is 7.64. The third-order valence-electron chi connectivity index (χ3n) is 4.91. The zero-order chi connectivity index (χ0) is 20.5. The van der Waals surface area contributed by atoms with E-state index in [0.29, 0.717) is 21.6 Å². The topological polar surface area (TPSA) is 26.3 Å². The van der Waals surface area contributed by atoms with E-state index in [4.69, 9.17) is 32.0 Å². The molecule has 2 aromatic heterocycles. The molecule has 146 valence electrons. The van der Waals surface area contributed by atoms with Gasteiger partial charge in [-0.3, -0.25) is 0 Å². The second kappa shape index (κ2) is 7.91. The molecule has 0 fully saturated rings. The van der Waals surface area contributed by atoms with Gasteiger partial charge in [0.25, 0.3) is 0 Å². The summed E-state index contributed by atoms with van der Waals surface area (Å²) in [5, 5.41) is 3.10. The Morgan fingerprint density at radius 3 is 1.30 bits per heavy atom. The van der Waals surface area contributed by atoms with Gasteiger partial charge in [0.05, 0.1) is 10.0 Å². The monoisotopic (exact) mass is 430 g/mol. The van der Waals surface area contributed by atoms with Gasteiger partial charge in [0.15, 0.2) is 0 Å². The number of furan rings is 2. The third kappa shape index (κ3) is 3.56. The largest absolute Gasteiger partial charge is 0.455 e. The van der Waals surface area contributed by atoms with Crippen molar-refractivity contribution in [3.8, 4) is 0 Å². The van der Waals surface area contributed by atoms with Crippen LogP contribution in [0.5, 0.6) is 0 Å². The van der Waals surface area contributed by atoms with E-state index in [1.165, 1.54) is 0 Å². The minimum Gasteiger partial charge on any atom is -0.455 e. The highest BCUT2D eigenvalue weighted by Crippen LogP contribution is 2.32. The molecular weight excluding hydrogens is 415 g/mol. The van der Waals surface area contributed by atoms with Crippen LogP contribution in [0.25, 0.3) is 46.2 Å². The summed E-state index contributed by atoms with van der Waals surface area (Å²) in [7, 11) is 0. The average Bonchev–Trinajstić information content (AvgIpc) is 3.28. The normalized spacial score (nSPS) is 12.1. The van der Waals surface area contributed by atoms with Gasteiger partial charge in [0.1, 0.15) is 22.7 Å². The van der Waals surface area contributed by atoms with E-state index in [2.05, 4.69) is 0 Å². The maximum absolute atomic E-state index is 6.42. The van der Waals surface area contributed by atoms with Gasteiger partial charge >= 0.3 is 0 Å². The number of fused-ring (bicyclic) bond motifs is 2. The second-order valence-electron chi connectivity index (χ2n) is 6.89. The first-order valence-electron chi connectivity index (χ1n) is 9.49. The highest BCUT2D eigenvalue weighted by molar-refractivity contribution is 6.37. The molecule has 5 rings (SSSR count). The van der Waals surface area contributed by atoms with Crippen LogP contribution in [0.4, 0.5) is 0 Å². The van der Waals surface area contributed by atoms with Crippen molar-refractivity contribution >= 4 is 69.4 Å². The minimum atomic E-state index is 0.629. The van der Waals surface area contributed by atoms with Crippen LogP contribution >= 0.6 is 23.2 Å². The summed E-state index contributed by atoms with van der Waals surface area (Å²) in [6.07, 6.45) is 7.74. The molecule has 0 amide bonds. The van der Waals surface area contributed by atoms with E-state index in [-0.39, 0.29) is 0 Å². The molecule has 0 saturated carbocycles. The van der Waals surface area contributed by atoms with Crippen molar-refractivity contribution in [3.05, 3.63) is 105 Å². The van der Waals surface area contributed by atoms with E-state index >= 15 is 0 Å². The summed E-state index contributed by atoms with van der Waals surface area (Å²) in [6, 6.07) is 23.6. The SMILES string of the molecule is Clc1c(/C=C/c2ccc(/C=C/c3oc4ccccc4c3Cl)cc2)oc2ccccc12. The van der Waals surface area contributed by atoms with Gasteiger partial charge in [-0.05, 0) is 47.5 Å². The van der Waals surface area contributed by atoms with E-state index < -0.39 is 0 Å². The maximum atomic E-state index is 6.42. The quantitative estimate of drug-likeness (QED) is 0.284. The fraction of sp³-hybridized carbons (Fsp3) is 0. The minimum absolute atomic E-state index is 0.629. The predicted octanol–water partition coefficient (Wildman–Crippen LogP) is 8.83. The Balaban J connectivity index is 1.34. The predicted molar refractivity (Wildman–Crippen MR) is 127 cm³/mol. The number of para-hydroxylation sites is 2. The van der Waals surface area contributed by atoms with Crippen LogP contribution in [0.3, 0.4) is 0 Å². The van der Waals surface area contributed by atoms with Crippen LogP contribution in [-0.2, 0) is 0 Å². The molecule has 0 unspecified atom stereocenters. The molecule has 5 aromatic rings. The number of halogens is 2. The molecule has 0 aliphatic rings. The lowest BCUT2D eigenvalue weighted by Crippen LogP contribution is -1.75. The number of hydrogen-bond donors (Lipinski definition) is 0. The van der Waals surface area contributed by atoms with E-state index in [1.54, 1.807) is 0 Å². The number of rotatable bonds is 4. The molecule has 30 heavy (non-hydrogen) atoms. The van der Waals surface area contributed by atoms with Crippen molar-refractivity contribution in [2.75, 3.05) is 0 Å². The third-order valence-corrected chi connectivity index (χ3v) is 5.69. The Hall–Kier alpha value is -3.20. The van der Waals surface area contributed by atoms with Crippen molar-refractivity contribution < 1.29 is 8.83 Å². The maximum Gasteiger partial charge on any atom is 0.146 e. The van der Waals surface area contributed by atoms with Gasteiger partial charge in [0.2, 0.25) is 0 Å². The summed E-state index contributed by atoms with van der Waals surface area (Å²) in [6.45, 7) is 0. The lowest BCUT2D eigenvalue weighted by molar-refractivity contribution is 0.604. The summed E-state index contributed by atoms with van der Waals surface area (Å²) in [5.41, 5.74) is 3.66. The zero-order valence-corrected chi connectivity index (χ0v) is 17.3. The van der Waals surface area contributed by atoms with Crippen LogP contribution in [-0.4, -0.2) is 0 Å². The summed E-state index contributed by atoms with van der Waals surface area (Å²) in [5.74, 6) is 1.31. The molecule has 0 aliphatic carbocycles. The molecule has 2 heterocycles. The molecule has 2 nitrogen and oxygen atoms in total. The molecule has 0 aliphatic heterocycles. The van der Waals surface area contributed by atoms with Gasteiger partial charge in [-0.15, -0.1) is 0 Å². The summed E-state index contributed by atoms with van der Waals surface area (Å²) < 4.78 is 11.6. The molecule has 3 aromatic carbocycles. The highest BCUT2D eigenvalue weighted by atomic mass is 35.5. The highest BCUT2D eigenvalue weighted by Gasteiger charge is 2.09. The van der Waals surface area contributed by atoms with Crippen LogP contribution < -0.4 is 0 Å². The summed E-state index contributed by atoms with van der Waals surface area (Å²) in [4.78, 5) is 0. The van der Waals surface area contributed by atoms with E-state index in [1.807, 2.05) is 97.1 Å². The van der Waals surface area contributed by atoms with Crippen molar-refractivity contribution in [3.63, 3.8) is 0 Å². The Morgan fingerprint density at radius 2 is 0.900 bits per heavy atom. The van der Waals surface area contributed by atoms with Gasteiger partial charge in [0, 0.05) is 10.8 Å². The fourth-order valence-electron chi connectivity index (χ4n) is 3.34. The van der Waals surface area contributed by atoms with E-state index in [0.717, 1.165) is 33.1 Å². The van der Waals surface area contributed by atoms with Crippen molar-refractivity contribution in [1.82, 2.24) is 0 Å². The molecule has 0 bridgehead atoms. The van der Waals surface area contributed by atoms with Gasteiger partial charge in [-0.2, -0.15) is 0 Å². The van der Waals surface area contributed by atoms with Crippen LogP contribution in [0.1, 0.15) is 22.6 Å². The number of benzene rings is 3.